The number of halogens is 2. The molecule has 4 aromatic rings. The Bertz CT molecular complexity index is 1110. The normalized spacial score (nSPS) is 17.1. The Labute approximate surface area is 152 Å². The zero-order valence-electron chi connectivity index (χ0n) is 14.2. The molecule has 1 aliphatic heterocycles. The Kier molecular flexibility index (Phi) is 3.59. The second kappa shape index (κ2) is 6.11. The van der Waals surface area contributed by atoms with Gasteiger partial charge in [0.1, 0.15) is 35.8 Å². The average Bonchev–Trinajstić information content (AvgIpc) is 3.42. The summed E-state index contributed by atoms with van der Waals surface area (Å²) in [5, 5.41) is 8.41. The summed E-state index contributed by atoms with van der Waals surface area (Å²) in [4.78, 5) is 10.7. The van der Waals surface area contributed by atoms with Crippen LogP contribution in [0.15, 0.2) is 49.3 Å². The molecule has 27 heavy (non-hydrogen) atoms. The van der Waals surface area contributed by atoms with Crippen molar-refractivity contribution in [3.05, 3.63) is 66.5 Å². The van der Waals surface area contributed by atoms with Crippen LogP contribution in [-0.2, 0) is 0 Å². The van der Waals surface area contributed by atoms with Crippen LogP contribution in [-0.4, -0.2) is 35.9 Å². The highest BCUT2D eigenvalue weighted by Crippen LogP contribution is 2.36. The molecule has 0 radical (unpaired) electrons. The number of hydrogen-bond acceptors (Lipinski definition) is 5. The first-order valence-corrected chi connectivity index (χ1v) is 8.62. The smallest absolute Gasteiger partial charge is 0.183 e. The number of aromatic nitrogens is 6. The Hall–Kier alpha value is -3.36. The molecule has 0 amide bonds. The van der Waals surface area contributed by atoms with E-state index in [1.54, 1.807) is 27.9 Å². The first-order chi connectivity index (χ1) is 13.2. The van der Waals surface area contributed by atoms with E-state index in [4.69, 9.17) is 4.98 Å². The summed E-state index contributed by atoms with van der Waals surface area (Å²) in [5.41, 5.74) is 1.67. The maximum Gasteiger partial charge on any atom is 0.183 e. The van der Waals surface area contributed by atoms with E-state index in [-0.39, 0.29) is 6.04 Å². The summed E-state index contributed by atoms with van der Waals surface area (Å²) in [7, 11) is 0. The third-order valence-electron chi connectivity index (χ3n) is 4.87. The highest BCUT2D eigenvalue weighted by molar-refractivity contribution is 5.61. The molecule has 3 aromatic heterocycles. The molecule has 0 spiro atoms. The largest absolute Gasteiger partial charge is 0.349 e. The molecule has 1 aliphatic rings. The van der Waals surface area contributed by atoms with Crippen molar-refractivity contribution in [2.75, 3.05) is 11.4 Å². The van der Waals surface area contributed by atoms with Crippen molar-refractivity contribution < 1.29 is 8.78 Å². The van der Waals surface area contributed by atoms with Crippen LogP contribution in [0.4, 0.5) is 14.6 Å². The monoisotopic (exact) mass is 367 g/mol. The standard InChI is InChI=1S/C18H15F2N7/c19-12-3-4-14(20)13(8-12)15-2-1-6-25(15)17-5-7-26-18(24-17)16(9-22-26)27-11-21-10-23-27/h3-5,7-11,15H,1-2,6H2/t15-/m1/s1. The first kappa shape index (κ1) is 15.9. The van der Waals surface area contributed by atoms with Crippen molar-refractivity contribution in [2.45, 2.75) is 18.9 Å². The number of benzene rings is 1. The van der Waals surface area contributed by atoms with Gasteiger partial charge in [0.25, 0.3) is 0 Å². The maximum absolute atomic E-state index is 14.3. The number of hydrogen-bond donors (Lipinski definition) is 0. The van der Waals surface area contributed by atoms with Gasteiger partial charge in [-0.3, -0.25) is 0 Å². The Morgan fingerprint density at radius 3 is 2.89 bits per heavy atom. The lowest BCUT2D eigenvalue weighted by atomic mass is 10.0. The van der Waals surface area contributed by atoms with Crippen molar-refractivity contribution in [1.82, 2.24) is 29.4 Å². The number of anilines is 1. The van der Waals surface area contributed by atoms with Crippen molar-refractivity contribution in [1.29, 1.82) is 0 Å². The van der Waals surface area contributed by atoms with E-state index in [9.17, 15) is 8.78 Å². The van der Waals surface area contributed by atoms with Crippen LogP contribution in [0, 0.1) is 11.6 Å². The molecule has 0 saturated carbocycles. The topological polar surface area (TPSA) is 64.1 Å². The van der Waals surface area contributed by atoms with Crippen LogP contribution in [0.25, 0.3) is 11.3 Å². The summed E-state index contributed by atoms with van der Waals surface area (Å²) in [6.07, 6.45) is 8.09. The molecular weight excluding hydrogens is 352 g/mol. The molecule has 0 aliphatic carbocycles. The molecule has 5 rings (SSSR count). The van der Waals surface area contributed by atoms with E-state index in [0.717, 1.165) is 25.5 Å². The molecule has 0 unspecified atom stereocenters. The molecule has 136 valence electrons. The maximum atomic E-state index is 14.3. The Morgan fingerprint density at radius 2 is 2.04 bits per heavy atom. The fourth-order valence-electron chi connectivity index (χ4n) is 3.64. The molecule has 0 bridgehead atoms. The molecule has 1 fully saturated rings. The predicted octanol–water partition coefficient (Wildman–Crippen LogP) is 2.93. The van der Waals surface area contributed by atoms with Crippen molar-refractivity contribution in [3.63, 3.8) is 0 Å². The molecule has 4 heterocycles. The Morgan fingerprint density at radius 1 is 1.11 bits per heavy atom. The van der Waals surface area contributed by atoms with E-state index in [1.165, 1.54) is 18.5 Å². The lowest BCUT2D eigenvalue weighted by Gasteiger charge is -2.26. The highest BCUT2D eigenvalue weighted by atomic mass is 19.1. The van der Waals surface area contributed by atoms with Gasteiger partial charge in [-0.2, -0.15) is 10.2 Å². The summed E-state index contributed by atoms with van der Waals surface area (Å²) < 4.78 is 31.2. The second-order valence-electron chi connectivity index (χ2n) is 6.44. The average molecular weight is 367 g/mol. The van der Waals surface area contributed by atoms with E-state index < -0.39 is 11.6 Å². The lowest BCUT2D eigenvalue weighted by Crippen LogP contribution is -2.24. The van der Waals surface area contributed by atoms with Gasteiger partial charge in [-0.1, -0.05) is 0 Å². The minimum Gasteiger partial charge on any atom is -0.349 e. The summed E-state index contributed by atoms with van der Waals surface area (Å²) in [6.45, 7) is 0.719. The number of nitrogens with zero attached hydrogens (tertiary/aromatic N) is 7. The molecule has 7 nitrogen and oxygen atoms in total. The van der Waals surface area contributed by atoms with E-state index in [2.05, 4.69) is 15.2 Å². The van der Waals surface area contributed by atoms with Gasteiger partial charge in [0, 0.05) is 18.3 Å². The minimum absolute atomic E-state index is 0.256. The number of rotatable bonds is 3. The van der Waals surface area contributed by atoms with E-state index in [1.807, 2.05) is 11.0 Å². The zero-order valence-corrected chi connectivity index (χ0v) is 14.2. The second-order valence-corrected chi connectivity index (χ2v) is 6.44. The van der Waals surface area contributed by atoms with Crippen LogP contribution in [0.1, 0.15) is 24.4 Å². The highest BCUT2D eigenvalue weighted by Gasteiger charge is 2.30. The van der Waals surface area contributed by atoms with Crippen molar-refractivity contribution in [2.24, 2.45) is 0 Å². The van der Waals surface area contributed by atoms with Gasteiger partial charge in [0.05, 0.1) is 12.2 Å². The van der Waals surface area contributed by atoms with Gasteiger partial charge >= 0.3 is 0 Å². The van der Waals surface area contributed by atoms with Crippen molar-refractivity contribution >= 4 is 11.5 Å². The SMILES string of the molecule is Fc1ccc(F)c([C@H]2CCCN2c2ccn3ncc(-n4cncn4)c3n2)c1. The van der Waals surface area contributed by atoms with Gasteiger partial charge in [-0.15, -0.1) is 0 Å². The van der Waals surface area contributed by atoms with Crippen LogP contribution in [0.5, 0.6) is 0 Å². The quantitative estimate of drug-likeness (QED) is 0.557. The summed E-state index contributed by atoms with van der Waals surface area (Å²) >= 11 is 0. The summed E-state index contributed by atoms with van der Waals surface area (Å²) in [5.74, 6) is -0.150. The Balaban J connectivity index is 1.58. The van der Waals surface area contributed by atoms with Gasteiger partial charge in [0.15, 0.2) is 5.65 Å². The van der Waals surface area contributed by atoms with Gasteiger partial charge in [-0.25, -0.2) is 27.9 Å². The van der Waals surface area contributed by atoms with E-state index >= 15 is 0 Å². The van der Waals surface area contributed by atoms with Crippen molar-refractivity contribution in [3.8, 4) is 5.69 Å². The van der Waals surface area contributed by atoms with Gasteiger partial charge in [0.2, 0.25) is 0 Å². The predicted molar refractivity (Wildman–Crippen MR) is 93.6 cm³/mol. The summed E-state index contributed by atoms with van der Waals surface area (Å²) in [6, 6.07) is 5.17. The lowest BCUT2D eigenvalue weighted by molar-refractivity contribution is 0.560. The molecular formula is C18H15F2N7. The van der Waals surface area contributed by atoms with Crippen LogP contribution < -0.4 is 4.90 Å². The van der Waals surface area contributed by atoms with Crippen LogP contribution in [0.2, 0.25) is 0 Å². The molecule has 1 aromatic carbocycles. The first-order valence-electron chi connectivity index (χ1n) is 8.62. The molecule has 9 heteroatoms. The third kappa shape index (κ3) is 2.62. The van der Waals surface area contributed by atoms with Gasteiger partial charge in [-0.05, 0) is 37.1 Å². The van der Waals surface area contributed by atoms with Gasteiger partial charge < -0.3 is 4.90 Å². The zero-order chi connectivity index (χ0) is 18.4. The third-order valence-corrected chi connectivity index (χ3v) is 4.87. The fourth-order valence-corrected chi connectivity index (χ4v) is 3.64. The fraction of sp³-hybridized carbons (Fsp3) is 0.222. The van der Waals surface area contributed by atoms with E-state index in [0.29, 0.717) is 22.7 Å². The molecule has 1 atom stereocenters. The molecule has 1 saturated heterocycles. The number of fused-ring (bicyclic) bond motifs is 1. The minimum atomic E-state index is -0.439. The van der Waals surface area contributed by atoms with Crippen LogP contribution in [0.3, 0.4) is 0 Å². The molecule has 0 N–H and O–H groups in total. The van der Waals surface area contributed by atoms with Crippen LogP contribution >= 0.6 is 0 Å².